The Kier molecular flexibility index (Phi) is 7.01. The molecule has 1 aliphatic carbocycles. The second-order valence-electron chi connectivity index (χ2n) is 9.97. The largest absolute Gasteiger partial charge is 0.491 e. The first-order valence-electron chi connectivity index (χ1n) is 12.7. The van der Waals surface area contributed by atoms with Crippen LogP contribution in [0.15, 0.2) is 69.6 Å². The maximum absolute atomic E-state index is 13.7. The van der Waals surface area contributed by atoms with E-state index in [1.165, 1.54) is 0 Å². The molecule has 3 aliphatic rings. The van der Waals surface area contributed by atoms with E-state index in [-0.39, 0.29) is 30.5 Å². The number of Topliss-reactive ketones (excluding diaryl/α,β-unsaturated/α-hetero) is 1. The molecule has 7 nitrogen and oxygen atoms in total. The lowest BCUT2D eigenvalue weighted by Crippen LogP contribution is -2.36. The quantitative estimate of drug-likeness (QED) is 0.536. The summed E-state index contributed by atoms with van der Waals surface area (Å²) in [5.41, 5.74) is 3.34. The van der Waals surface area contributed by atoms with Crippen molar-refractivity contribution in [2.45, 2.75) is 70.5 Å². The Balaban J connectivity index is 1.55. The zero-order valence-corrected chi connectivity index (χ0v) is 21.0. The molecule has 1 N–H and O–H groups in total. The Morgan fingerprint density at radius 1 is 1.17 bits per heavy atom. The molecule has 1 aromatic heterocycles. The average molecular weight is 492 g/mol. The molecule has 0 amide bonds. The first-order valence-corrected chi connectivity index (χ1v) is 12.7. The van der Waals surface area contributed by atoms with Crippen molar-refractivity contribution in [3.63, 3.8) is 0 Å². The number of hydrogen-bond acceptors (Lipinski definition) is 7. The summed E-state index contributed by atoms with van der Waals surface area (Å²) in [5.74, 6) is 0.365. The first-order chi connectivity index (χ1) is 17.4. The van der Waals surface area contributed by atoms with Gasteiger partial charge in [0.2, 0.25) is 0 Å². The van der Waals surface area contributed by atoms with Crippen LogP contribution in [-0.2, 0) is 19.1 Å². The maximum atomic E-state index is 13.7. The molecule has 0 saturated carbocycles. The molecule has 1 fully saturated rings. The third-order valence-electron chi connectivity index (χ3n) is 7.01. The van der Waals surface area contributed by atoms with Crippen molar-refractivity contribution >= 4 is 11.8 Å². The highest BCUT2D eigenvalue weighted by Gasteiger charge is 2.43. The molecule has 36 heavy (non-hydrogen) atoms. The van der Waals surface area contributed by atoms with Crippen LogP contribution in [0.2, 0.25) is 0 Å². The molecular weight excluding hydrogens is 458 g/mol. The van der Waals surface area contributed by atoms with Crippen molar-refractivity contribution in [3.8, 4) is 5.75 Å². The number of para-hydroxylation sites is 1. The van der Waals surface area contributed by atoms with Crippen LogP contribution in [-0.4, -0.2) is 37.2 Å². The van der Waals surface area contributed by atoms with E-state index in [1.54, 1.807) is 6.26 Å². The van der Waals surface area contributed by atoms with E-state index in [1.807, 2.05) is 57.2 Å². The van der Waals surface area contributed by atoms with E-state index in [2.05, 4.69) is 5.32 Å². The predicted octanol–water partition coefficient (Wildman–Crippen LogP) is 5.15. The first kappa shape index (κ1) is 24.4. The number of ether oxygens (including phenoxy) is 3. The van der Waals surface area contributed by atoms with Gasteiger partial charge in [-0.25, -0.2) is 4.79 Å². The zero-order chi connectivity index (χ0) is 25.2. The Bertz CT molecular complexity index is 1190. The van der Waals surface area contributed by atoms with Crippen molar-refractivity contribution < 1.29 is 28.2 Å². The van der Waals surface area contributed by atoms with Crippen molar-refractivity contribution in [1.29, 1.82) is 0 Å². The van der Waals surface area contributed by atoms with Gasteiger partial charge in [0.25, 0.3) is 0 Å². The third kappa shape index (κ3) is 4.85. The van der Waals surface area contributed by atoms with Crippen molar-refractivity contribution in [3.05, 3.63) is 76.5 Å². The van der Waals surface area contributed by atoms with E-state index < -0.39 is 11.9 Å². The minimum atomic E-state index is -0.585. The maximum Gasteiger partial charge on any atom is 0.336 e. The topological polar surface area (TPSA) is 87.0 Å². The molecule has 3 atom stereocenters. The molecule has 0 spiro atoms. The normalized spacial score (nSPS) is 24.1. The second-order valence-corrected chi connectivity index (χ2v) is 9.97. The van der Waals surface area contributed by atoms with Crippen LogP contribution >= 0.6 is 0 Å². The molecule has 1 saturated heterocycles. The highest BCUT2D eigenvalue weighted by molar-refractivity contribution is 6.04. The molecule has 190 valence electrons. The van der Waals surface area contributed by atoms with E-state index in [0.29, 0.717) is 42.0 Å². The van der Waals surface area contributed by atoms with E-state index in [9.17, 15) is 9.59 Å². The Labute approximate surface area is 211 Å². The summed E-state index contributed by atoms with van der Waals surface area (Å²) < 4.78 is 23.1. The van der Waals surface area contributed by atoms with Gasteiger partial charge in [-0.15, -0.1) is 0 Å². The monoisotopic (exact) mass is 491 g/mol. The molecule has 0 bridgehead atoms. The lowest BCUT2D eigenvalue weighted by Gasteiger charge is -2.36. The van der Waals surface area contributed by atoms with Gasteiger partial charge >= 0.3 is 5.97 Å². The van der Waals surface area contributed by atoms with Gasteiger partial charge in [0.15, 0.2) is 5.78 Å². The Hall–Kier alpha value is -3.32. The number of dihydropyridines is 1. The standard InChI is InChI=1S/C29H33NO6/c1-17(2)36-25-10-5-4-9-21(25)27-26(29(32)35-16-20-8-6-12-33-20)18(3)30-22-14-19(15-23(31)28(22)27)24-11-7-13-34-24/h4-5,7,9-11,13,17,19-20,27,30H,6,8,12,14-16H2,1-3H3/t19-,20-,27+/m0/s1. The van der Waals surface area contributed by atoms with E-state index >= 15 is 0 Å². The number of ketones is 1. The van der Waals surface area contributed by atoms with Gasteiger partial charge in [0.1, 0.15) is 18.1 Å². The number of carbonyl (C=O) groups excluding carboxylic acids is 2. The molecule has 7 heteroatoms. The smallest absolute Gasteiger partial charge is 0.336 e. The summed E-state index contributed by atoms with van der Waals surface area (Å²) >= 11 is 0. The van der Waals surface area contributed by atoms with E-state index in [0.717, 1.165) is 29.9 Å². The lowest BCUT2D eigenvalue weighted by molar-refractivity contribution is -0.142. The van der Waals surface area contributed by atoms with Gasteiger partial charge in [-0.1, -0.05) is 18.2 Å². The minimum Gasteiger partial charge on any atom is -0.491 e. The third-order valence-corrected chi connectivity index (χ3v) is 7.01. The minimum absolute atomic E-state index is 0.00794. The lowest BCUT2D eigenvalue weighted by atomic mass is 9.72. The van der Waals surface area contributed by atoms with Crippen LogP contribution in [0.4, 0.5) is 0 Å². The Morgan fingerprint density at radius 2 is 2.00 bits per heavy atom. The molecular formula is C29H33NO6. The Morgan fingerprint density at radius 3 is 2.72 bits per heavy atom. The van der Waals surface area contributed by atoms with Crippen LogP contribution in [0, 0.1) is 0 Å². The van der Waals surface area contributed by atoms with Crippen LogP contribution in [0.25, 0.3) is 0 Å². The van der Waals surface area contributed by atoms with Crippen LogP contribution < -0.4 is 10.1 Å². The van der Waals surface area contributed by atoms with Gasteiger partial charge in [-0.2, -0.15) is 0 Å². The highest BCUT2D eigenvalue weighted by atomic mass is 16.6. The van der Waals surface area contributed by atoms with Gasteiger partial charge in [-0.3, -0.25) is 4.79 Å². The number of nitrogens with one attached hydrogen (secondary N) is 1. The zero-order valence-electron chi connectivity index (χ0n) is 21.0. The second kappa shape index (κ2) is 10.3. The number of carbonyl (C=O) groups is 2. The number of benzene rings is 1. The summed E-state index contributed by atoms with van der Waals surface area (Å²) in [6, 6.07) is 11.4. The SMILES string of the molecule is CC1=C(C(=O)OC[C@@H]2CCCO2)[C@@H](c2ccccc2OC(C)C)C2=C(C[C@H](c3ccco3)CC2=O)N1. The average Bonchev–Trinajstić information content (AvgIpc) is 3.56. The molecule has 2 aromatic rings. The van der Waals surface area contributed by atoms with Gasteiger partial charge in [0.05, 0.1) is 30.0 Å². The summed E-state index contributed by atoms with van der Waals surface area (Å²) in [6.07, 6.45) is 4.26. The molecule has 0 unspecified atom stereocenters. The van der Waals surface area contributed by atoms with Gasteiger partial charge in [0, 0.05) is 41.5 Å². The summed E-state index contributed by atoms with van der Waals surface area (Å²) in [6.45, 7) is 6.68. The number of esters is 1. The molecule has 2 aliphatic heterocycles. The number of allylic oxidation sites excluding steroid dienone is 3. The summed E-state index contributed by atoms with van der Waals surface area (Å²) in [7, 11) is 0. The number of hydrogen-bond donors (Lipinski definition) is 1. The molecule has 5 rings (SSSR count). The molecule has 0 radical (unpaired) electrons. The van der Waals surface area contributed by atoms with Crippen molar-refractivity contribution in [2.24, 2.45) is 0 Å². The summed E-state index contributed by atoms with van der Waals surface area (Å²) in [5, 5.41) is 3.38. The number of rotatable bonds is 7. The van der Waals surface area contributed by atoms with Crippen molar-refractivity contribution in [2.75, 3.05) is 13.2 Å². The van der Waals surface area contributed by atoms with Gasteiger partial charge in [-0.05, 0) is 58.2 Å². The summed E-state index contributed by atoms with van der Waals surface area (Å²) in [4.78, 5) is 27.3. The van der Waals surface area contributed by atoms with E-state index in [4.69, 9.17) is 18.6 Å². The van der Waals surface area contributed by atoms with Gasteiger partial charge < -0.3 is 23.9 Å². The fourth-order valence-electron chi connectivity index (χ4n) is 5.45. The highest BCUT2D eigenvalue weighted by Crippen LogP contribution is 2.47. The number of furan rings is 1. The van der Waals surface area contributed by atoms with Crippen LogP contribution in [0.1, 0.15) is 69.6 Å². The predicted molar refractivity (Wildman–Crippen MR) is 133 cm³/mol. The molecule has 1 aromatic carbocycles. The fraction of sp³-hybridized carbons (Fsp3) is 0.448. The van der Waals surface area contributed by atoms with Crippen LogP contribution in [0.5, 0.6) is 5.75 Å². The molecule has 3 heterocycles. The van der Waals surface area contributed by atoms with Crippen molar-refractivity contribution in [1.82, 2.24) is 5.32 Å². The fourth-order valence-corrected chi connectivity index (χ4v) is 5.45. The van der Waals surface area contributed by atoms with Crippen LogP contribution in [0.3, 0.4) is 0 Å².